The first kappa shape index (κ1) is 14.0. The highest BCUT2D eigenvalue weighted by atomic mass is 16.5. The molecule has 0 amide bonds. The zero-order valence-electron chi connectivity index (χ0n) is 12.3. The van der Waals surface area contributed by atoms with E-state index in [1.54, 1.807) is 7.11 Å². The van der Waals surface area contributed by atoms with Gasteiger partial charge in [-0.3, -0.25) is 0 Å². The summed E-state index contributed by atoms with van der Waals surface area (Å²) in [6.07, 6.45) is 4.98. The van der Waals surface area contributed by atoms with Crippen LogP contribution < -0.4 is 5.32 Å². The van der Waals surface area contributed by atoms with Gasteiger partial charge in [0.1, 0.15) is 0 Å². The summed E-state index contributed by atoms with van der Waals surface area (Å²) in [7, 11) is 3.95. The Balaban J connectivity index is 1.54. The van der Waals surface area contributed by atoms with Crippen molar-refractivity contribution in [3.8, 4) is 0 Å². The number of piperidine rings is 1. The van der Waals surface area contributed by atoms with Crippen LogP contribution in [0.4, 0.5) is 0 Å². The topological polar surface area (TPSA) is 63.4 Å². The fourth-order valence-electron chi connectivity index (χ4n) is 3.50. The predicted molar refractivity (Wildman–Crippen MR) is 74.4 cm³/mol. The van der Waals surface area contributed by atoms with Crippen LogP contribution in [0.2, 0.25) is 0 Å². The largest absolute Gasteiger partial charge is 0.383 e. The third kappa shape index (κ3) is 2.87. The van der Waals surface area contributed by atoms with Crippen LogP contribution in [0.15, 0.2) is 4.52 Å². The smallest absolute Gasteiger partial charge is 0.240 e. The van der Waals surface area contributed by atoms with E-state index in [2.05, 4.69) is 27.4 Å². The molecule has 2 aliphatic heterocycles. The van der Waals surface area contributed by atoms with Crippen LogP contribution in [0.5, 0.6) is 0 Å². The lowest BCUT2D eigenvalue weighted by Gasteiger charge is -2.34. The summed E-state index contributed by atoms with van der Waals surface area (Å²) in [6, 6.07) is 1.42. The standard InChI is InChI=1S/C14H24N4O2/c1-18-11-3-4-12(18)8-10(7-11)14-16-13(20-17-14)9-15-5-6-19-2/h10-12,15H,3-9H2,1-2H3. The Bertz CT molecular complexity index is 423. The third-order valence-electron chi connectivity index (χ3n) is 4.71. The summed E-state index contributed by atoms with van der Waals surface area (Å²) in [6.45, 7) is 2.11. The Morgan fingerprint density at radius 1 is 1.35 bits per heavy atom. The van der Waals surface area contributed by atoms with E-state index in [-0.39, 0.29) is 0 Å². The van der Waals surface area contributed by atoms with Crippen molar-refractivity contribution in [3.05, 3.63) is 11.7 Å². The van der Waals surface area contributed by atoms with Crippen molar-refractivity contribution in [2.45, 2.75) is 50.2 Å². The fraction of sp³-hybridized carbons (Fsp3) is 0.857. The molecule has 6 heteroatoms. The van der Waals surface area contributed by atoms with Crippen LogP contribution in [0.25, 0.3) is 0 Å². The van der Waals surface area contributed by atoms with E-state index in [0.717, 1.165) is 12.4 Å². The predicted octanol–water partition coefficient (Wildman–Crippen LogP) is 1.15. The molecule has 2 fully saturated rings. The maximum Gasteiger partial charge on any atom is 0.240 e. The molecule has 20 heavy (non-hydrogen) atoms. The minimum Gasteiger partial charge on any atom is -0.383 e. The minimum absolute atomic E-state index is 0.472. The molecule has 3 rings (SSSR count). The van der Waals surface area contributed by atoms with E-state index >= 15 is 0 Å². The Labute approximate surface area is 119 Å². The molecule has 0 spiro atoms. The molecule has 2 atom stereocenters. The van der Waals surface area contributed by atoms with Gasteiger partial charge in [0.25, 0.3) is 0 Å². The van der Waals surface area contributed by atoms with Crippen LogP contribution in [0, 0.1) is 0 Å². The van der Waals surface area contributed by atoms with Gasteiger partial charge in [-0.15, -0.1) is 0 Å². The second-order valence-electron chi connectivity index (χ2n) is 5.93. The fourth-order valence-corrected chi connectivity index (χ4v) is 3.50. The lowest BCUT2D eigenvalue weighted by molar-refractivity contribution is 0.157. The van der Waals surface area contributed by atoms with Crippen LogP contribution in [-0.2, 0) is 11.3 Å². The lowest BCUT2D eigenvalue weighted by Crippen LogP contribution is -2.39. The van der Waals surface area contributed by atoms with Gasteiger partial charge < -0.3 is 19.5 Å². The van der Waals surface area contributed by atoms with Crippen molar-refractivity contribution in [2.75, 3.05) is 27.3 Å². The van der Waals surface area contributed by atoms with Crippen LogP contribution >= 0.6 is 0 Å². The summed E-state index contributed by atoms with van der Waals surface area (Å²) >= 11 is 0. The van der Waals surface area contributed by atoms with Crippen LogP contribution in [-0.4, -0.2) is 54.4 Å². The molecule has 1 N–H and O–H groups in total. The Morgan fingerprint density at radius 3 is 2.80 bits per heavy atom. The summed E-state index contributed by atoms with van der Waals surface area (Å²) in [5, 5.41) is 7.41. The molecule has 2 unspecified atom stereocenters. The van der Waals surface area contributed by atoms with Gasteiger partial charge in [-0.1, -0.05) is 5.16 Å². The van der Waals surface area contributed by atoms with Crippen molar-refractivity contribution < 1.29 is 9.26 Å². The highest BCUT2D eigenvalue weighted by molar-refractivity contribution is 5.05. The maximum atomic E-state index is 5.34. The Kier molecular flexibility index (Phi) is 4.33. The number of methoxy groups -OCH3 is 1. The molecule has 112 valence electrons. The van der Waals surface area contributed by atoms with E-state index in [0.29, 0.717) is 37.0 Å². The van der Waals surface area contributed by atoms with E-state index in [4.69, 9.17) is 9.26 Å². The van der Waals surface area contributed by atoms with Crippen LogP contribution in [0.1, 0.15) is 43.3 Å². The number of hydrogen-bond acceptors (Lipinski definition) is 6. The van der Waals surface area contributed by atoms with Gasteiger partial charge in [-0.05, 0) is 32.7 Å². The number of nitrogens with one attached hydrogen (secondary N) is 1. The molecule has 2 bridgehead atoms. The number of rotatable bonds is 6. The molecule has 2 saturated heterocycles. The number of nitrogens with zero attached hydrogens (tertiary/aromatic N) is 3. The van der Waals surface area contributed by atoms with E-state index in [1.165, 1.54) is 25.7 Å². The van der Waals surface area contributed by atoms with E-state index in [1.807, 2.05) is 0 Å². The number of aromatic nitrogens is 2. The van der Waals surface area contributed by atoms with Crippen molar-refractivity contribution in [1.82, 2.24) is 20.4 Å². The monoisotopic (exact) mass is 280 g/mol. The van der Waals surface area contributed by atoms with Gasteiger partial charge in [0.05, 0.1) is 13.2 Å². The second-order valence-corrected chi connectivity index (χ2v) is 5.93. The molecular formula is C14H24N4O2. The number of fused-ring (bicyclic) bond motifs is 2. The molecule has 0 saturated carbocycles. The minimum atomic E-state index is 0.472. The zero-order chi connectivity index (χ0) is 13.9. The molecule has 1 aromatic rings. The first-order chi connectivity index (χ1) is 9.78. The lowest BCUT2D eigenvalue weighted by atomic mass is 9.90. The van der Waals surface area contributed by atoms with Crippen molar-refractivity contribution in [1.29, 1.82) is 0 Å². The van der Waals surface area contributed by atoms with Crippen molar-refractivity contribution in [2.24, 2.45) is 0 Å². The van der Waals surface area contributed by atoms with Crippen LogP contribution in [0.3, 0.4) is 0 Å². The Morgan fingerprint density at radius 2 is 2.10 bits per heavy atom. The zero-order valence-corrected chi connectivity index (χ0v) is 12.3. The van der Waals surface area contributed by atoms with Gasteiger partial charge >= 0.3 is 0 Å². The molecule has 6 nitrogen and oxygen atoms in total. The van der Waals surface area contributed by atoms with Gasteiger partial charge in [-0.2, -0.15) is 4.98 Å². The molecule has 2 aliphatic rings. The molecule has 1 aromatic heterocycles. The maximum absolute atomic E-state index is 5.34. The summed E-state index contributed by atoms with van der Waals surface area (Å²) < 4.78 is 10.3. The Hall–Kier alpha value is -0.980. The van der Waals surface area contributed by atoms with Gasteiger partial charge in [0, 0.05) is 31.7 Å². The van der Waals surface area contributed by atoms with Gasteiger partial charge in [0.15, 0.2) is 5.82 Å². The average Bonchev–Trinajstić information content (AvgIpc) is 2.97. The third-order valence-corrected chi connectivity index (χ3v) is 4.71. The SMILES string of the molecule is COCCNCc1nc(C2CC3CCC(C2)N3C)no1. The molecule has 3 heterocycles. The number of hydrogen-bond donors (Lipinski definition) is 1. The number of ether oxygens (including phenoxy) is 1. The second kappa shape index (κ2) is 6.20. The van der Waals surface area contributed by atoms with Gasteiger partial charge in [0.2, 0.25) is 5.89 Å². The van der Waals surface area contributed by atoms with Crippen molar-refractivity contribution >= 4 is 0 Å². The summed E-state index contributed by atoms with van der Waals surface area (Å²) in [5.41, 5.74) is 0. The highest BCUT2D eigenvalue weighted by Gasteiger charge is 2.40. The summed E-state index contributed by atoms with van der Waals surface area (Å²) in [5.74, 6) is 2.06. The summed E-state index contributed by atoms with van der Waals surface area (Å²) in [4.78, 5) is 7.09. The normalized spacial score (nSPS) is 30.0. The van der Waals surface area contributed by atoms with Crippen molar-refractivity contribution in [3.63, 3.8) is 0 Å². The molecule has 0 radical (unpaired) electrons. The van der Waals surface area contributed by atoms with E-state index in [9.17, 15) is 0 Å². The average molecular weight is 280 g/mol. The highest BCUT2D eigenvalue weighted by Crippen LogP contribution is 2.41. The first-order valence-electron chi connectivity index (χ1n) is 7.52. The van der Waals surface area contributed by atoms with E-state index < -0.39 is 0 Å². The van der Waals surface area contributed by atoms with Gasteiger partial charge in [-0.25, -0.2) is 0 Å². The molecule has 0 aliphatic carbocycles. The first-order valence-corrected chi connectivity index (χ1v) is 7.52. The molecular weight excluding hydrogens is 256 g/mol. The molecule has 0 aromatic carbocycles. The quantitative estimate of drug-likeness (QED) is 0.789.